The Balaban J connectivity index is 1.76. The molecule has 4 rings (SSSR count). The molecule has 1 fully saturated rings. The highest BCUT2D eigenvalue weighted by atomic mass is 16.5. The van der Waals surface area contributed by atoms with Crippen molar-refractivity contribution >= 4 is 5.69 Å². The minimum atomic E-state index is 0.173. The summed E-state index contributed by atoms with van der Waals surface area (Å²) in [6.45, 7) is 0.995. The van der Waals surface area contributed by atoms with Gasteiger partial charge in [-0.1, -0.05) is 6.07 Å². The zero-order valence-electron chi connectivity index (χ0n) is 14.9. The Morgan fingerprint density at radius 1 is 1.00 bits per heavy atom. The lowest BCUT2D eigenvalue weighted by Gasteiger charge is -2.37. The van der Waals surface area contributed by atoms with Crippen LogP contribution in [0.5, 0.6) is 5.75 Å². The average Bonchev–Trinajstić information content (AvgIpc) is 2.74. The number of pyridine rings is 3. The van der Waals surface area contributed by atoms with E-state index in [9.17, 15) is 0 Å². The van der Waals surface area contributed by atoms with E-state index in [1.165, 1.54) is 12.8 Å². The van der Waals surface area contributed by atoms with Crippen LogP contribution in [-0.4, -0.2) is 28.6 Å². The summed E-state index contributed by atoms with van der Waals surface area (Å²) < 4.78 is 5.65. The normalized spacial score (nSPS) is 17.1. The Morgan fingerprint density at radius 2 is 1.96 bits per heavy atom. The molecule has 1 saturated heterocycles. The van der Waals surface area contributed by atoms with Crippen LogP contribution < -0.4 is 9.64 Å². The molecule has 1 atom stereocenters. The molecule has 0 N–H and O–H groups in total. The maximum atomic E-state index is 5.65. The van der Waals surface area contributed by atoms with Crippen molar-refractivity contribution in [3.63, 3.8) is 0 Å². The molecule has 0 saturated carbocycles. The van der Waals surface area contributed by atoms with Gasteiger partial charge in [0.25, 0.3) is 0 Å². The average molecular weight is 346 g/mol. The predicted octanol–water partition coefficient (Wildman–Crippen LogP) is 4.28. The first-order valence-corrected chi connectivity index (χ1v) is 9.00. The van der Waals surface area contributed by atoms with E-state index < -0.39 is 0 Å². The Kier molecular flexibility index (Phi) is 4.78. The van der Waals surface area contributed by atoms with Gasteiger partial charge in [-0.05, 0) is 55.7 Å². The van der Waals surface area contributed by atoms with Crippen LogP contribution in [0.25, 0.3) is 11.4 Å². The van der Waals surface area contributed by atoms with Gasteiger partial charge in [0.05, 0.1) is 36.4 Å². The maximum Gasteiger partial charge on any atom is 0.142 e. The van der Waals surface area contributed by atoms with Crippen molar-refractivity contribution in [3.05, 3.63) is 66.7 Å². The molecular formula is C21H22N4O. The lowest BCUT2D eigenvalue weighted by molar-refractivity contribution is 0.388. The second kappa shape index (κ2) is 7.52. The number of aromatic nitrogens is 3. The Bertz CT molecular complexity index is 854. The SMILES string of the molecule is COc1ccc(-c2ccccn2)nc1C1CCCCN1c1cccnc1. The molecule has 0 aliphatic carbocycles. The lowest BCUT2D eigenvalue weighted by atomic mass is 9.97. The van der Waals surface area contributed by atoms with Crippen LogP contribution in [0.1, 0.15) is 31.0 Å². The summed E-state index contributed by atoms with van der Waals surface area (Å²) in [5.41, 5.74) is 3.85. The minimum Gasteiger partial charge on any atom is -0.495 e. The van der Waals surface area contributed by atoms with E-state index in [2.05, 4.69) is 20.9 Å². The van der Waals surface area contributed by atoms with E-state index in [4.69, 9.17) is 9.72 Å². The van der Waals surface area contributed by atoms with Gasteiger partial charge in [-0.15, -0.1) is 0 Å². The molecule has 0 amide bonds. The Labute approximate surface area is 153 Å². The summed E-state index contributed by atoms with van der Waals surface area (Å²) in [6, 6.07) is 14.1. The fraction of sp³-hybridized carbons (Fsp3) is 0.286. The van der Waals surface area contributed by atoms with Crippen molar-refractivity contribution < 1.29 is 4.74 Å². The number of hydrogen-bond donors (Lipinski definition) is 0. The largest absolute Gasteiger partial charge is 0.495 e. The minimum absolute atomic E-state index is 0.173. The monoisotopic (exact) mass is 346 g/mol. The first kappa shape index (κ1) is 16.5. The van der Waals surface area contributed by atoms with E-state index in [-0.39, 0.29) is 6.04 Å². The van der Waals surface area contributed by atoms with Gasteiger partial charge in [0.1, 0.15) is 11.4 Å². The van der Waals surface area contributed by atoms with Crippen molar-refractivity contribution in [1.82, 2.24) is 15.0 Å². The summed E-state index contributed by atoms with van der Waals surface area (Å²) in [5, 5.41) is 0. The molecule has 5 nitrogen and oxygen atoms in total. The van der Waals surface area contributed by atoms with Gasteiger partial charge in [-0.25, -0.2) is 4.98 Å². The van der Waals surface area contributed by atoms with Gasteiger partial charge in [0, 0.05) is 18.9 Å². The standard InChI is InChI=1S/C21H22N4O/c1-26-20-11-10-18(17-8-2-4-13-23-17)24-21(20)19-9-3-5-14-25(19)16-7-6-12-22-15-16/h2,4,6-8,10-13,15,19H,3,5,9,14H2,1H3. The van der Waals surface area contributed by atoms with E-state index in [0.717, 1.165) is 41.5 Å². The van der Waals surface area contributed by atoms with E-state index in [0.29, 0.717) is 0 Å². The van der Waals surface area contributed by atoms with Gasteiger partial charge in [0.15, 0.2) is 0 Å². The molecule has 0 spiro atoms. The smallest absolute Gasteiger partial charge is 0.142 e. The highest BCUT2D eigenvalue weighted by Crippen LogP contribution is 2.38. The van der Waals surface area contributed by atoms with Crippen molar-refractivity contribution in [2.24, 2.45) is 0 Å². The van der Waals surface area contributed by atoms with Crippen molar-refractivity contribution in [3.8, 4) is 17.1 Å². The van der Waals surface area contributed by atoms with E-state index in [1.54, 1.807) is 13.3 Å². The maximum absolute atomic E-state index is 5.65. The quantitative estimate of drug-likeness (QED) is 0.706. The molecule has 1 unspecified atom stereocenters. The lowest BCUT2D eigenvalue weighted by Crippen LogP contribution is -2.34. The fourth-order valence-corrected chi connectivity index (χ4v) is 3.58. The van der Waals surface area contributed by atoms with Gasteiger partial charge >= 0.3 is 0 Å². The molecule has 3 aromatic rings. The number of hydrogen-bond acceptors (Lipinski definition) is 5. The van der Waals surface area contributed by atoms with E-state index in [1.807, 2.05) is 48.8 Å². The third kappa shape index (κ3) is 3.25. The first-order chi connectivity index (χ1) is 12.9. The summed E-state index contributed by atoms with van der Waals surface area (Å²) >= 11 is 0. The number of anilines is 1. The molecule has 26 heavy (non-hydrogen) atoms. The summed E-state index contributed by atoms with van der Waals surface area (Å²) in [7, 11) is 1.71. The molecule has 4 heterocycles. The zero-order valence-corrected chi connectivity index (χ0v) is 14.9. The van der Waals surface area contributed by atoms with Gasteiger partial charge < -0.3 is 9.64 Å². The van der Waals surface area contributed by atoms with E-state index >= 15 is 0 Å². The number of rotatable bonds is 4. The van der Waals surface area contributed by atoms with Gasteiger partial charge in [-0.2, -0.15) is 0 Å². The first-order valence-electron chi connectivity index (χ1n) is 9.00. The highest BCUT2D eigenvalue weighted by molar-refractivity contribution is 5.57. The molecule has 0 radical (unpaired) electrons. The van der Waals surface area contributed by atoms with Crippen molar-refractivity contribution in [2.75, 3.05) is 18.6 Å². The third-order valence-corrected chi connectivity index (χ3v) is 4.83. The molecule has 0 bridgehead atoms. The van der Waals surface area contributed by atoms with Crippen molar-refractivity contribution in [1.29, 1.82) is 0 Å². The molecule has 132 valence electrons. The molecule has 0 aromatic carbocycles. The molecule has 1 aliphatic rings. The fourth-order valence-electron chi connectivity index (χ4n) is 3.58. The number of ether oxygens (including phenoxy) is 1. The van der Waals surface area contributed by atoms with Crippen LogP contribution in [0.15, 0.2) is 61.1 Å². The van der Waals surface area contributed by atoms with Crippen LogP contribution in [0.2, 0.25) is 0 Å². The summed E-state index contributed by atoms with van der Waals surface area (Å²) in [6.07, 6.45) is 8.93. The summed E-state index contributed by atoms with van der Waals surface area (Å²) in [5.74, 6) is 0.825. The van der Waals surface area contributed by atoms with Crippen LogP contribution in [-0.2, 0) is 0 Å². The molecular weight excluding hydrogens is 324 g/mol. The molecule has 1 aliphatic heterocycles. The van der Waals surface area contributed by atoms with Crippen LogP contribution in [0.4, 0.5) is 5.69 Å². The Hall–Kier alpha value is -2.95. The topological polar surface area (TPSA) is 51.1 Å². The van der Waals surface area contributed by atoms with Gasteiger partial charge in [-0.3, -0.25) is 9.97 Å². The zero-order chi connectivity index (χ0) is 17.8. The van der Waals surface area contributed by atoms with Crippen LogP contribution in [0.3, 0.4) is 0 Å². The second-order valence-electron chi connectivity index (χ2n) is 6.42. The number of methoxy groups -OCH3 is 1. The van der Waals surface area contributed by atoms with Crippen LogP contribution >= 0.6 is 0 Å². The second-order valence-corrected chi connectivity index (χ2v) is 6.42. The molecule has 3 aromatic heterocycles. The highest BCUT2D eigenvalue weighted by Gasteiger charge is 2.28. The third-order valence-electron chi connectivity index (χ3n) is 4.83. The predicted molar refractivity (Wildman–Crippen MR) is 102 cm³/mol. The Morgan fingerprint density at radius 3 is 2.73 bits per heavy atom. The van der Waals surface area contributed by atoms with Crippen molar-refractivity contribution in [2.45, 2.75) is 25.3 Å². The summed E-state index contributed by atoms with van der Waals surface area (Å²) in [4.78, 5) is 16.1. The number of piperidine rings is 1. The van der Waals surface area contributed by atoms with Gasteiger partial charge in [0.2, 0.25) is 0 Å². The molecule has 5 heteroatoms. The van der Waals surface area contributed by atoms with Crippen LogP contribution in [0, 0.1) is 0 Å². The number of nitrogens with zero attached hydrogens (tertiary/aromatic N) is 4.